The van der Waals surface area contributed by atoms with Crippen LogP contribution < -0.4 is 10.1 Å². The number of carboxylic acid groups (broad SMARTS) is 1. The van der Waals surface area contributed by atoms with Gasteiger partial charge in [-0.1, -0.05) is 0 Å². The lowest BCUT2D eigenvalue weighted by molar-refractivity contribution is -0.122. The highest BCUT2D eigenvalue weighted by Gasteiger charge is 2.49. The number of aromatic carboxylic acids is 1. The standard InChI is InChI=1S/C21H17FN2O4/c22-17-10-15(3-1-13(17)11-23)28-14-5-7-21(8-6-14)16-9-12(19(25)26)2-4-18(16)24-20(21)27/h1-4,9-10,14H,5-8H2,(H,24,27)(H,25,26)/t14-,21-. The van der Waals surface area contributed by atoms with E-state index in [-0.39, 0.29) is 23.1 Å². The van der Waals surface area contributed by atoms with Crippen molar-refractivity contribution in [1.29, 1.82) is 5.26 Å². The van der Waals surface area contributed by atoms with Crippen LogP contribution in [0.25, 0.3) is 0 Å². The van der Waals surface area contributed by atoms with Crippen molar-refractivity contribution in [3.8, 4) is 11.8 Å². The minimum atomic E-state index is -1.03. The highest BCUT2D eigenvalue weighted by molar-refractivity contribution is 6.07. The Balaban J connectivity index is 1.52. The molecule has 2 aliphatic rings. The molecule has 2 N–H and O–H groups in total. The van der Waals surface area contributed by atoms with E-state index in [1.165, 1.54) is 18.2 Å². The molecule has 0 aromatic heterocycles. The van der Waals surface area contributed by atoms with Crippen molar-refractivity contribution in [3.63, 3.8) is 0 Å². The topological polar surface area (TPSA) is 99.4 Å². The second-order valence-electron chi connectivity index (χ2n) is 7.17. The smallest absolute Gasteiger partial charge is 0.335 e. The van der Waals surface area contributed by atoms with E-state index in [0.29, 0.717) is 37.1 Å². The first-order valence-corrected chi connectivity index (χ1v) is 8.98. The Labute approximate surface area is 160 Å². The van der Waals surface area contributed by atoms with Gasteiger partial charge in [0.15, 0.2) is 0 Å². The Bertz CT molecular complexity index is 1020. The molecule has 0 radical (unpaired) electrons. The SMILES string of the molecule is N#Cc1ccc(O[C@H]2CC[C@@]3(CC2)C(=O)Nc2ccc(C(=O)O)cc23)cc1F. The van der Waals surface area contributed by atoms with Crippen LogP contribution in [0.5, 0.6) is 5.75 Å². The van der Waals surface area contributed by atoms with E-state index < -0.39 is 17.2 Å². The average molecular weight is 380 g/mol. The number of benzene rings is 2. The molecule has 1 spiro atoms. The third-order valence-electron chi connectivity index (χ3n) is 5.61. The summed E-state index contributed by atoms with van der Waals surface area (Å²) < 4.78 is 19.6. The van der Waals surface area contributed by atoms with Crippen LogP contribution in [-0.4, -0.2) is 23.1 Å². The number of carboxylic acids is 1. The van der Waals surface area contributed by atoms with Gasteiger partial charge in [0, 0.05) is 11.8 Å². The summed E-state index contributed by atoms with van der Waals surface area (Å²) >= 11 is 0. The molecule has 28 heavy (non-hydrogen) atoms. The normalized spacial score (nSPS) is 23.0. The number of rotatable bonds is 3. The van der Waals surface area contributed by atoms with Gasteiger partial charge in [-0.3, -0.25) is 4.79 Å². The van der Waals surface area contributed by atoms with Gasteiger partial charge in [-0.25, -0.2) is 9.18 Å². The van der Waals surface area contributed by atoms with Crippen LogP contribution in [0.1, 0.15) is 47.2 Å². The Hall–Kier alpha value is -3.40. The molecular formula is C21H17FN2O4. The summed E-state index contributed by atoms with van der Waals surface area (Å²) in [6.07, 6.45) is 1.99. The van der Waals surface area contributed by atoms with E-state index in [9.17, 15) is 19.1 Å². The Kier molecular flexibility index (Phi) is 4.27. The molecule has 1 saturated carbocycles. The molecule has 1 heterocycles. The molecule has 1 aliphatic carbocycles. The second-order valence-corrected chi connectivity index (χ2v) is 7.17. The lowest BCUT2D eigenvalue weighted by atomic mass is 9.69. The van der Waals surface area contributed by atoms with Crippen LogP contribution in [0, 0.1) is 17.1 Å². The largest absolute Gasteiger partial charge is 0.490 e. The van der Waals surface area contributed by atoms with E-state index in [0.717, 1.165) is 5.56 Å². The molecule has 6 nitrogen and oxygen atoms in total. The highest BCUT2D eigenvalue weighted by atomic mass is 19.1. The second kappa shape index (κ2) is 6.64. The molecular weight excluding hydrogens is 363 g/mol. The molecule has 1 aliphatic heterocycles. The van der Waals surface area contributed by atoms with Gasteiger partial charge in [0.25, 0.3) is 0 Å². The van der Waals surface area contributed by atoms with Gasteiger partial charge in [-0.15, -0.1) is 0 Å². The quantitative estimate of drug-likeness (QED) is 0.847. The number of hydrogen-bond donors (Lipinski definition) is 2. The van der Waals surface area contributed by atoms with Gasteiger partial charge in [0.1, 0.15) is 17.6 Å². The number of carbonyl (C=O) groups excluding carboxylic acids is 1. The minimum absolute atomic E-state index is 0.0385. The van der Waals surface area contributed by atoms with E-state index >= 15 is 0 Å². The van der Waals surface area contributed by atoms with Crippen LogP contribution in [0.4, 0.5) is 10.1 Å². The van der Waals surface area contributed by atoms with Crippen LogP contribution in [0.3, 0.4) is 0 Å². The molecule has 142 valence electrons. The molecule has 0 atom stereocenters. The van der Waals surface area contributed by atoms with Crippen LogP contribution in [0.15, 0.2) is 36.4 Å². The first kappa shape index (κ1) is 18.0. The van der Waals surface area contributed by atoms with E-state index in [2.05, 4.69) is 5.32 Å². The van der Waals surface area contributed by atoms with Gasteiger partial charge in [0.2, 0.25) is 5.91 Å². The fraction of sp³-hybridized carbons (Fsp3) is 0.286. The number of fused-ring (bicyclic) bond motifs is 2. The van der Waals surface area contributed by atoms with Crippen molar-refractivity contribution < 1.29 is 23.8 Å². The lowest BCUT2D eigenvalue weighted by Crippen LogP contribution is -2.41. The van der Waals surface area contributed by atoms with Crippen molar-refractivity contribution in [1.82, 2.24) is 0 Å². The molecule has 2 aromatic rings. The molecule has 7 heteroatoms. The molecule has 0 bridgehead atoms. The molecule has 1 amide bonds. The summed E-state index contributed by atoms with van der Waals surface area (Å²) in [5, 5.41) is 20.9. The summed E-state index contributed by atoms with van der Waals surface area (Å²) in [5.41, 5.74) is 0.740. The number of amides is 1. The predicted molar refractivity (Wildman–Crippen MR) is 97.7 cm³/mol. The minimum Gasteiger partial charge on any atom is -0.490 e. The molecule has 0 saturated heterocycles. The monoisotopic (exact) mass is 380 g/mol. The zero-order chi connectivity index (χ0) is 19.9. The molecule has 4 rings (SSSR count). The first-order chi connectivity index (χ1) is 13.4. The fourth-order valence-corrected chi connectivity index (χ4v) is 4.10. The highest BCUT2D eigenvalue weighted by Crippen LogP contribution is 2.48. The summed E-state index contributed by atoms with van der Waals surface area (Å²) in [7, 11) is 0. The van der Waals surface area contributed by atoms with Crippen molar-refractivity contribution in [2.24, 2.45) is 0 Å². The number of halogens is 1. The first-order valence-electron chi connectivity index (χ1n) is 8.98. The Morgan fingerprint density at radius 3 is 2.64 bits per heavy atom. The summed E-state index contributed by atoms with van der Waals surface area (Å²) in [6.45, 7) is 0. The van der Waals surface area contributed by atoms with Crippen molar-refractivity contribution in [2.45, 2.75) is 37.2 Å². The predicted octanol–water partition coefficient (Wildman–Crippen LogP) is 3.61. The van der Waals surface area contributed by atoms with Gasteiger partial charge < -0.3 is 15.2 Å². The summed E-state index contributed by atoms with van der Waals surface area (Å²) in [5.74, 6) is -1.43. The lowest BCUT2D eigenvalue weighted by Gasteiger charge is -2.35. The van der Waals surface area contributed by atoms with Crippen molar-refractivity contribution >= 4 is 17.6 Å². The number of nitriles is 1. The van der Waals surface area contributed by atoms with Gasteiger partial charge in [-0.05, 0) is 61.6 Å². The zero-order valence-electron chi connectivity index (χ0n) is 14.9. The third kappa shape index (κ3) is 2.87. The number of hydrogen-bond acceptors (Lipinski definition) is 4. The number of ether oxygens (including phenoxy) is 1. The molecule has 2 aromatic carbocycles. The van der Waals surface area contributed by atoms with Gasteiger partial charge in [-0.2, -0.15) is 5.26 Å². The Morgan fingerprint density at radius 2 is 2.00 bits per heavy atom. The third-order valence-corrected chi connectivity index (χ3v) is 5.61. The van der Waals surface area contributed by atoms with Crippen molar-refractivity contribution in [2.75, 3.05) is 5.32 Å². The maximum atomic E-state index is 13.8. The van der Waals surface area contributed by atoms with E-state index in [4.69, 9.17) is 10.00 Å². The van der Waals surface area contributed by atoms with Gasteiger partial charge in [0.05, 0.1) is 22.6 Å². The van der Waals surface area contributed by atoms with Crippen molar-refractivity contribution in [3.05, 3.63) is 58.9 Å². The maximum Gasteiger partial charge on any atom is 0.335 e. The molecule has 0 unspecified atom stereocenters. The number of nitrogens with zero attached hydrogens (tertiary/aromatic N) is 1. The van der Waals surface area contributed by atoms with Crippen LogP contribution in [0.2, 0.25) is 0 Å². The fourth-order valence-electron chi connectivity index (χ4n) is 4.10. The Morgan fingerprint density at radius 1 is 1.25 bits per heavy atom. The van der Waals surface area contributed by atoms with Crippen LogP contribution in [-0.2, 0) is 10.2 Å². The van der Waals surface area contributed by atoms with Crippen LogP contribution >= 0.6 is 0 Å². The summed E-state index contributed by atoms with van der Waals surface area (Å²) in [4.78, 5) is 24.0. The molecule has 1 fully saturated rings. The number of nitrogens with one attached hydrogen (secondary N) is 1. The number of carbonyl (C=O) groups is 2. The van der Waals surface area contributed by atoms with E-state index in [1.807, 2.05) is 0 Å². The maximum absolute atomic E-state index is 13.8. The number of anilines is 1. The van der Waals surface area contributed by atoms with E-state index in [1.54, 1.807) is 24.3 Å². The van der Waals surface area contributed by atoms with Gasteiger partial charge >= 0.3 is 5.97 Å². The summed E-state index contributed by atoms with van der Waals surface area (Å²) in [6, 6.07) is 10.6. The average Bonchev–Trinajstić information content (AvgIpc) is 2.95. The zero-order valence-corrected chi connectivity index (χ0v) is 14.9.